The van der Waals surface area contributed by atoms with Crippen LogP contribution < -0.4 is 15.8 Å². The zero-order valence-electron chi connectivity index (χ0n) is 22.4. The first-order valence-electron chi connectivity index (χ1n) is 10.9. The summed E-state index contributed by atoms with van der Waals surface area (Å²) in [6.07, 6.45) is -14.7. The SMILES string of the molecule is CO[C@@H]1OC(COS(=O)(=O)[O-])[C@@H](O[C@@H]2O[C@@H](COS(=O)(=O)[O-])[C@@H](OC)C(OO[O-])C2C)[C@H](OO[O-])C1OO[O-].O=S.O=S.O=S. The molecule has 45 heavy (non-hydrogen) atoms. The fourth-order valence-electron chi connectivity index (χ4n) is 3.93. The first kappa shape index (κ1) is 46.4. The van der Waals surface area contributed by atoms with E-state index in [4.69, 9.17) is 36.3 Å². The van der Waals surface area contributed by atoms with Crippen LogP contribution in [0.5, 0.6) is 0 Å². The molecule has 0 saturated carbocycles. The lowest BCUT2D eigenvalue weighted by atomic mass is 9.91. The molecule has 0 bridgehead atoms. The Kier molecular flexibility index (Phi) is 25.1. The van der Waals surface area contributed by atoms with Crippen molar-refractivity contribution in [2.75, 3.05) is 27.4 Å². The highest BCUT2D eigenvalue weighted by atomic mass is 32.3. The molecule has 268 valence electrons. The van der Waals surface area contributed by atoms with Gasteiger partial charge in [0.2, 0.25) is 20.8 Å². The molecule has 0 aliphatic carbocycles. The van der Waals surface area contributed by atoms with E-state index in [9.17, 15) is 41.7 Å². The molecule has 0 aromatic carbocycles. The van der Waals surface area contributed by atoms with Gasteiger partial charge in [-0.3, -0.25) is 23.5 Å². The number of ether oxygens (including phenoxy) is 5. The highest BCUT2D eigenvalue weighted by Gasteiger charge is 2.54. The van der Waals surface area contributed by atoms with E-state index in [-0.39, 0.29) is 0 Å². The lowest BCUT2D eigenvalue weighted by molar-refractivity contribution is -0.824. The molecular formula is C15H23O25S5-5. The molecule has 2 rings (SSSR count). The smallest absolute Gasteiger partial charge is 0.217 e. The first-order valence-corrected chi connectivity index (χ1v) is 14.5. The van der Waals surface area contributed by atoms with E-state index >= 15 is 0 Å². The summed E-state index contributed by atoms with van der Waals surface area (Å²) in [7, 11) is -8.42. The van der Waals surface area contributed by atoms with Crippen molar-refractivity contribution >= 4 is 58.4 Å². The summed E-state index contributed by atoms with van der Waals surface area (Å²) < 4.78 is 125. The third kappa shape index (κ3) is 15.8. The number of hydrogen-bond acceptors (Lipinski definition) is 28. The van der Waals surface area contributed by atoms with E-state index in [1.54, 1.807) is 0 Å². The van der Waals surface area contributed by atoms with E-state index in [1.807, 2.05) is 0 Å². The van der Waals surface area contributed by atoms with Gasteiger partial charge < -0.3 is 48.6 Å². The molecule has 2 heterocycles. The van der Waals surface area contributed by atoms with Gasteiger partial charge in [-0.05, 0) is 0 Å². The average molecular weight is 764 g/mol. The Balaban J connectivity index is 0. The maximum Gasteiger partial charge on any atom is 0.217 e. The van der Waals surface area contributed by atoms with Crippen LogP contribution >= 0.6 is 0 Å². The van der Waals surface area contributed by atoms with Gasteiger partial charge in [0.1, 0.15) is 30.5 Å². The van der Waals surface area contributed by atoms with Crippen molar-refractivity contribution in [3.63, 3.8) is 0 Å². The molecule has 0 radical (unpaired) electrons. The second-order valence-electron chi connectivity index (χ2n) is 7.75. The van der Waals surface area contributed by atoms with E-state index in [0.717, 1.165) is 14.2 Å². The molecule has 2 aliphatic heterocycles. The van der Waals surface area contributed by atoms with Crippen molar-refractivity contribution in [2.45, 2.75) is 62.2 Å². The Morgan fingerprint density at radius 1 is 0.600 bits per heavy atom. The highest BCUT2D eigenvalue weighted by Crippen LogP contribution is 2.36. The minimum Gasteiger partial charge on any atom is -0.726 e. The van der Waals surface area contributed by atoms with Crippen LogP contribution in [0.25, 0.3) is 0 Å². The molecule has 2 fully saturated rings. The fourth-order valence-corrected chi connectivity index (χ4v) is 4.53. The van der Waals surface area contributed by atoms with Crippen LogP contribution in [0.1, 0.15) is 6.92 Å². The summed E-state index contributed by atoms with van der Waals surface area (Å²) in [4.78, 5) is 13.7. The molecule has 4 unspecified atom stereocenters. The summed E-state index contributed by atoms with van der Waals surface area (Å²) in [5.41, 5.74) is 0. The van der Waals surface area contributed by atoms with Gasteiger partial charge in [-0.2, -0.15) is 12.6 Å². The number of rotatable bonds is 16. The van der Waals surface area contributed by atoms with Gasteiger partial charge in [-0.25, -0.2) is 31.5 Å². The minimum absolute atomic E-state index is 0.983. The summed E-state index contributed by atoms with van der Waals surface area (Å²) in [6, 6.07) is 0. The van der Waals surface area contributed by atoms with Gasteiger partial charge in [-0.15, -0.1) is 0 Å². The predicted molar refractivity (Wildman–Crippen MR) is 123 cm³/mol. The van der Waals surface area contributed by atoms with Gasteiger partial charge >= 0.3 is 0 Å². The third-order valence-electron chi connectivity index (χ3n) is 5.54. The Labute approximate surface area is 269 Å². The van der Waals surface area contributed by atoms with Gasteiger partial charge in [0.15, 0.2) is 62.4 Å². The average Bonchev–Trinajstić information content (AvgIpc) is 3.01. The van der Waals surface area contributed by atoms with Crippen LogP contribution in [0.15, 0.2) is 0 Å². The standard InChI is InChI=1S/C15H28O22S2.3OS/c1-6-9(32-35-16)10(25-2)7(4-27-38(19,20)21)29-14(6)31-11-8(5-28-39(22,23)24)30-15(26-3)13(34-37-18)12(11)33-36-17;3*1-2/h6-18H,4-5H2,1-3H3,(H,19,20,21)(H,22,23,24);;;/p-5/t6?,7-,8?,9?,10+,11+,12-,13?,14-,15+;;;/m0.../s1. The Bertz CT molecular complexity index is 985. The van der Waals surface area contributed by atoms with Crippen molar-refractivity contribution in [1.29, 1.82) is 0 Å². The largest absolute Gasteiger partial charge is 0.726 e. The van der Waals surface area contributed by atoms with Crippen LogP contribution in [0.4, 0.5) is 0 Å². The monoisotopic (exact) mass is 763 g/mol. The molecule has 0 spiro atoms. The molecule has 30 heteroatoms. The van der Waals surface area contributed by atoms with Crippen molar-refractivity contribution in [3.8, 4) is 0 Å². The van der Waals surface area contributed by atoms with Gasteiger partial charge in [-0.1, -0.05) is 6.92 Å². The lowest BCUT2D eigenvalue weighted by Gasteiger charge is -2.48. The molecule has 0 N–H and O–H groups in total. The zero-order chi connectivity index (χ0) is 35.4. The highest BCUT2D eigenvalue weighted by molar-refractivity contribution is 7.81. The van der Waals surface area contributed by atoms with Gasteiger partial charge in [0.25, 0.3) is 0 Å². The quantitative estimate of drug-likeness (QED) is 0.0610. The summed E-state index contributed by atoms with van der Waals surface area (Å²) in [5, 5.41) is 42.6. The maximum atomic E-state index is 11.0. The summed E-state index contributed by atoms with van der Waals surface area (Å²) in [6.45, 7) is -0.735. The molecule has 0 aromatic rings. The van der Waals surface area contributed by atoms with Gasteiger partial charge in [0, 0.05) is 20.1 Å². The number of methoxy groups -OCH3 is 2. The topological polar surface area (TPSA) is 355 Å². The normalized spacial score (nSPS) is 31.6. The molecular weight excluding hydrogens is 740 g/mol. The van der Waals surface area contributed by atoms with Gasteiger partial charge in [0.05, 0.1) is 13.2 Å². The van der Waals surface area contributed by atoms with Crippen LogP contribution in [0, 0.1) is 5.92 Å². The van der Waals surface area contributed by atoms with Crippen molar-refractivity contribution < 1.29 is 116 Å². The van der Waals surface area contributed by atoms with Crippen molar-refractivity contribution in [3.05, 3.63) is 0 Å². The van der Waals surface area contributed by atoms with Crippen LogP contribution in [0.3, 0.4) is 0 Å². The van der Waals surface area contributed by atoms with Crippen LogP contribution in [-0.2, 0) is 120 Å². The molecule has 10 atom stereocenters. The second-order valence-corrected chi connectivity index (χ2v) is 9.86. The summed E-state index contributed by atoms with van der Waals surface area (Å²) in [5.74, 6) is -1.10. The fraction of sp³-hybridized carbons (Fsp3) is 1.00. The Morgan fingerprint density at radius 3 is 1.40 bits per heavy atom. The maximum absolute atomic E-state index is 11.0. The van der Waals surface area contributed by atoms with Crippen LogP contribution in [-0.4, -0.2) is 121 Å². The number of hydrogen-bond donors (Lipinski definition) is 0. The van der Waals surface area contributed by atoms with E-state index in [1.165, 1.54) is 6.92 Å². The molecule has 0 aromatic heterocycles. The lowest BCUT2D eigenvalue weighted by Crippen LogP contribution is -2.65. The van der Waals surface area contributed by atoms with E-state index in [0.29, 0.717) is 0 Å². The molecule has 25 nitrogen and oxygen atoms in total. The van der Waals surface area contributed by atoms with Crippen LogP contribution in [0.2, 0.25) is 0 Å². The van der Waals surface area contributed by atoms with Crippen molar-refractivity contribution in [1.82, 2.24) is 0 Å². The molecule has 2 saturated heterocycles. The Hall–Kier alpha value is -0.760. The van der Waals surface area contributed by atoms with E-state index in [2.05, 4.69) is 75.7 Å². The molecule has 2 aliphatic rings. The zero-order valence-corrected chi connectivity index (χ0v) is 26.5. The van der Waals surface area contributed by atoms with E-state index < -0.39 is 95.2 Å². The minimum atomic E-state index is -5.31. The molecule has 0 amide bonds. The third-order valence-corrected chi connectivity index (χ3v) is 6.39. The summed E-state index contributed by atoms with van der Waals surface area (Å²) >= 11 is 8.50. The Morgan fingerprint density at radius 2 is 1.00 bits per heavy atom. The second kappa shape index (κ2) is 24.4. The predicted octanol–water partition coefficient (Wildman–Crippen LogP) is -7.16. The van der Waals surface area contributed by atoms with Crippen molar-refractivity contribution in [2.24, 2.45) is 5.92 Å². The first-order chi connectivity index (χ1) is 21.3.